The van der Waals surface area contributed by atoms with E-state index in [1.807, 2.05) is 0 Å². The highest BCUT2D eigenvalue weighted by atomic mass is 14.3. The van der Waals surface area contributed by atoms with Crippen LogP contribution in [0.2, 0.25) is 0 Å². The molecule has 1 atom stereocenters. The van der Waals surface area contributed by atoms with E-state index < -0.39 is 0 Å². The van der Waals surface area contributed by atoms with E-state index in [1.165, 1.54) is 19.3 Å². The van der Waals surface area contributed by atoms with Gasteiger partial charge in [-0.1, -0.05) is 54.4 Å². The van der Waals surface area contributed by atoms with E-state index in [9.17, 15) is 0 Å². The molecular formula is C12H26. The van der Waals surface area contributed by atoms with Crippen molar-refractivity contribution in [2.75, 3.05) is 0 Å². The molecule has 1 unspecified atom stereocenters. The monoisotopic (exact) mass is 170 g/mol. The molecular weight excluding hydrogens is 144 g/mol. The molecule has 0 bridgehead atoms. The van der Waals surface area contributed by atoms with Gasteiger partial charge >= 0.3 is 0 Å². The Kier molecular flexibility index (Phi) is 4.89. The van der Waals surface area contributed by atoms with Gasteiger partial charge in [-0.15, -0.1) is 0 Å². The van der Waals surface area contributed by atoms with Gasteiger partial charge in [-0.25, -0.2) is 0 Å². The Morgan fingerprint density at radius 2 is 1.58 bits per heavy atom. The fourth-order valence-electron chi connectivity index (χ4n) is 1.49. The smallest absolute Gasteiger partial charge is 0.0305 e. The van der Waals surface area contributed by atoms with Gasteiger partial charge in [0.2, 0.25) is 0 Å². The predicted octanol–water partition coefficient (Wildman–Crippen LogP) is 4.49. The van der Waals surface area contributed by atoms with Crippen molar-refractivity contribution >= 4 is 0 Å². The molecule has 0 amide bonds. The van der Waals surface area contributed by atoms with E-state index in [1.54, 1.807) is 0 Å². The second-order valence-electron chi connectivity index (χ2n) is 5.09. The first-order valence-electron chi connectivity index (χ1n) is 5.42. The van der Waals surface area contributed by atoms with Crippen LogP contribution in [0, 0.1) is 17.3 Å². The Morgan fingerprint density at radius 3 is 1.83 bits per heavy atom. The van der Waals surface area contributed by atoms with Crippen LogP contribution in [0.25, 0.3) is 0 Å². The molecule has 0 heteroatoms. The molecule has 74 valence electrons. The minimum absolute atomic E-state index is 0.574. The lowest BCUT2D eigenvalue weighted by Crippen LogP contribution is -2.22. The second kappa shape index (κ2) is 4.89. The summed E-state index contributed by atoms with van der Waals surface area (Å²) in [7, 11) is 0. The normalized spacial score (nSPS) is 17.0. The molecule has 0 nitrogen and oxygen atoms in total. The van der Waals surface area contributed by atoms with E-state index >= 15 is 0 Å². The van der Waals surface area contributed by atoms with Crippen molar-refractivity contribution < 1.29 is 0 Å². The van der Waals surface area contributed by atoms with Crippen molar-refractivity contribution in [3.05, 3.63) is 0 Å². The molecule has 0 saturated heterocycles. The fourth-order valence-corrected chi connectivity index (χ4v) is 1.49. The van der Waals surface area contributed by atoms with Gasteiger partial charge in [-0.3, -0.25) is 0 Å². The lowest BCUT2D eigenvalue weighted by molar-refractivity contribution is 0.177. The maximum Gasteiger partial charge on any atom is -0.0305 e. The quantitative estimate of drug-likeness (QED) is 0.570. The fraction of sp³-hybridized carbons (Fsp3) is 1.00. The third kappa shape index (κ3) is 3.60. The lowest BCUT2D eigenvalue weighted by Gasteiger charge is -2.33. The summed E-state index contributed by atoms with van der Waals surface area (Å²) in [5.41, 5.74) is 0.574. The molecule has 0 aromatic heterocycles. The SMILES string of the molecule is CCC(C)(CCC(C)C)C(C)C. The average Bonchev–Trinajstić information content (AvgIpc) is 1.99. The van der Waals surface area contributed by atoms with Gasteiger partial charge < -0.3 is 0 Å². The van der Waals surface area contributed by atoms with Crippen LogP contribution in [-0.2, 0) is 0 Å². The highest BCUT2D eigenvalue weighted by Gasteiger charge is 2.25. The molecule has 0 radical (unpaired) electrons. The van der Waals surface area contributed by atoms with E-state index in [4.69, 9.17) is 0 Å². The van der Waals surface area contributed by atoms with Crippen LogP contribution in [0.5, 0.6) is 0 Å². The van der Waals surface area contributed by atoms with Gasteiger partial charge in [-0.2, -0.15) is 0 Å². The van der Waals surface area contributed by atoms with Crippen LogP contribution in [0.1, 0.15) is 60.8 Å². The summed E-state index contributed by atoms with van der Waals surface area (Å²) in [6.45, 7) is 14.1. The van der Waals surface area contributed by atoms with Crippen molar-refractivity contribution in [3.8, 4) is 0 Å². The summed E-state index contributed by atoms with van der Waals surface area (Å²) in [6.07, 6.45) is 4.08. The number of rotatable bonds is 5. The zero-order valence-corrected chi connectivity index (χ0v) is 9.78. The standard InChI is InChI=1S/C12H26/c1-7-12(6,11(4)5)9-8-10(2)3/h10-11H,7-9H2,1-6H3. The Bertz CT molecular complexity index is 113. The summed E-state index contributed by atoms with van der Waals surface area (Å²) in [4.78, 5) is 0. The topological polar surface area (TPSA) is 0 Å². The molecule has 0 heterocycles. The summed E-state index contributed by atoms with van der Waals surface area (Å²) in [5, 5.41) is 0. The zero-order chi connectivity index (χ0) is 9.78. The molecule has 12 heavy (non-hydrogen) atoms. The van der Waals surface area contributed by atoms with Gasteiger partial charge in [0.15, 0.2) is 0 Å². The number of hydrogen-bond acceptors (Lipinski definition) is 0. The highest BCUT2D eigenvalue weighted by molar-refractivity contribution is 4.76. The summed E-state index contributed by atoms with van der Waals surface area (Å²) < 4.78 is 0. The molecule has 0 N–H and O–H groups in total. The lowest BCUT2D eigenvalue weighted by atomic mass is 9.72. The summed E-state index contributed by atoms with van der Waals surface area (Å²) in [6, 6.07) is 0. The van der Waals surface area contributed by atoms with Gasteiger partial charge in [0.05, 0.1) is 0 Å². The minimum atomic E-state index is 0.574. The van der Waals surface area contributed by atoms with Gasteiger partial charge in [0.1, 0.15) is 0 Å². The first-order chi connectivity index (χ1) is 5.42. The molecule has 0 aromatic carbocycles. The van der Waals surface area contributed by atoms with Crippen molar-refractivity contribution in [1.82, 2.24) is 0 Å². The molecule has 0 rings (SSSR count). The molecule has 0 aliphatic heterocycles. The minimum Gasteiger partial charge on any atom is -0.0649 e. The maximum atomic E-state index is 2.43. The van der Waals surface area contributed by atoms with Crippen molar-refractivity contribution in [1.29, 1.82) is 0 Å². The summed E-state index contributed by atoms with van der Waals surface area (Å²) >= 11 is 0. The van der Waals surface area contributed by atoms with E-state index in [2.05, 4.69) is 41.5 Å². The first-order valence-corrected chi connectivity index (χ1v) is 5.42. The average molecular weight is 170 g/mol. The molecule has 0 spiro atoms. The third-order valence-electron chi connectivity index (χ3n) is 3.49. The van der Waals surface area contributed by atoms with Crippen LogP contribution in [0.15, 0.2) is 0 Å². The summed E-state index contributed by atoms with van der Waals surface area (Å²) in [5.74, 6) is 1.68. The van der Waals surface area contributed by atoms with Crippen molar-refractivity contribution in [2.45, 2.75) is 60.8 Å². The molecule has 0 saturated carbocycles. The van der Waals surface area contributed by atoms with Crippen LogP contribution in [0.3, 0.4) is 0 Å². The Morgan fingerprint density at radius 1 is 1.08 bits per heavy atom. The van der Waals surface area contributed by atoms with Gasteiger partial charge in [0.25, 0.3) is 0 Å². The maximum absolute atomic E-state index is 2.43. The van der Waals surface area contributed by atoms with E-state index in [0.29, 0.717) is 5.41 Å². The van der Waals surface area contributed by atoms with Crippen LogP contribution < -0.4 is 0 Å². The van der Waals surface area contributed by atoms with Crippen LogP contribution >= 0.6 is 0 Å². The van der Waals surface area contributed by atoms with Gasteiger partial charge in [0, 0.05) is 0 Å². The highest BCUT2D eigenvalue weighted by Crippen LogP contribution is 2.36. The van der Waals surface area contributed by atoms with E-state index in [-0.39, 0.29) is 0 Å². The largest absolute Gasteiger partial charge is 0.0649 e. The van der Waals surface area contributed by atoms with Crippen LogP contribution in [0.4, 0.5) is 0 Å². The third-order valence-corrected chi connectivity index (χ3v) is 3.49. The molecule has 0 aromatic rings. The van der Waals surface area contributed by atoms with Gasteiger partial charge in [-0.05, 0) is 23.7 Å². The molecule has 0 aliphatic carbocycles. The predicted molar refractivity (Wildman–Crippen MR) is 57.3 cm³/mol. The Hall–Kier alpha value is 0. The second-order valence-corrected chi connectivity index (χ2v) is 5.09. The Balaban J connectivity index is 3.97. The Labute approximate surface area is 78.8 Å². The first kappa shape index (κ1) is 12.0. The van der Waals surface area contributed by atoms with Crippen molar-refractivity contribution in [3.63, 3.8) is 0 Å². The molecule has 0 fully saturated rings. The molecule has 0 aliphatic rings. The zero-order valence-electron chi connectivity index (χ0n) is 9.78. The van der Waals surface area contributed by atoms with Crippen LogP contribution in [-0.4, -0.2) is 0 Å². The van der Waals surface area contributed by atoms with E-state index in [0.717, 1.165) is 11.8 Å². The van der Waals surface area contributed by atoms with Crippen molar-refractivity contribution in [2.24, 2.45) is 17.3 Å². The number of hydrogen-bond donors (Lipinski definition) is 0.